The molecule has 0 aromatic heterocycles. The van der Waals surface area contributed by atoms with Crippen molar-refractivity contribution < 1.29 is 45.0 Å². The number of halogens is 7. The van der Waals surface area contributed by atoms with Gasteiger partial charge in [0.1, 0.15) is 12.4 Å². The topological polar surface area (TPSA) is 59.9 Å². The van der Waals surface area contributed by atoms with Gasteiger partial charge in [0, 0.05) is 5.56 Å². The second-order valence-electron chi connectivity index (χ2n) is 6.26. The lowest BCUT2D eigenvalue weighted by atomic mass is 10.1. The Hall–Kier alpha value is -3.31. The molecule has 0 aliphatic carbocycles. The number of hydrogen-bond donors (Lipinski definition) is 1. The molecule has 174 valence electrons. The SMILES string of the molecule is CCOC(=O)c1ccc(COc2ccccc2/C=N\NC(F)(F)C(F)(F)C(F)(F)F)cc1. The van der Waals surface area contributed by atoms with Crippen molar-refractivity contribution in [1.82, 2.24) is 5.43 Å². The molecule has 1 N–H and O–H groups in total. The van der Waals surface area contributed by atoms with Crippen molar-refractivity contribution in [1.29, 1.82) is 0 Å². The maximum atomic E-state index is 13.2. The average molecular weight is 466 g/mol. The number of rotatable bonds is 9. The van der Waals surface area contributed by atoms with E-state index in [1.807, 2.05) is 0 Å². The molecule has 0 unspecified atom stereocenters. The molecule has 12 heteroatoms. The minimum atomic E-state index is -6.47. The molecule has 0 radical (unpaired) electrons. The highest BCUT2D eigenvalue weighted by Gasteiger charge is 2.73. The number of alkyl halides is 7. The lowest BCUT2D eigenvalue weighted by Crippen LogP contribution is -2.58. The van der Waals surface area contributed by atoms with E-state index in [0.29, 0.717) is 22.8 Å². The minimum absolute atomic E-state index is 0.0241. The van der Waals surface area contributed by atoms with Crippen LogP contribution in [-0.2, 0) is 11.3 Å². The van der Waals surface area contributed by atoms with Gasteiger partial charge in [0.2, 0.25) is 0 Å². The molecule has 2 rings (SSSR count). The number of benzene rings is 2. The van der Waals surface area contributed by atoms with Crippen LogP contribution >= 0.6 is 0 Å². The van der Waals surface area contributed by atoms with E-state index in [4.69, 9.17) is 9.47 Å². The fourth-order valence-electron chi connectivity index (χ4n) is 2.26. The van der Waals surface area contributed by atoms with Crippen molar-refractivity contribution in [3.05, 3.63) is 65.2 Å². The van der Waals surface area contributed by atoms with Crippen LogP contribution in [0.4, 0.5) is 30.7 Å². The van der Waals surface area contributed by atoms with Crippen LogP contribution in [0.5, 0.6) is 5.75 Å². The average Bonchev–Trinajstić information content (AvgIpc) is 2.72. The third kappa shape index (κ3) is 5.89. The zero-order valence-corrected chi connectivity index (χ0v) is 16.4. The van der Waals surface area contributed by atoms with E-state index in [9.17, 15) is 35.5 Å². The predicted octanol–water partition coefficient (Wildman–Crippen LogP) is 5.16. The summed E-state index contributed by atoms with van der Waals surface area (Å²) in [5.74, 6) is -6.73. The summed E-state index contributed by atoms with van der Waals surface area (Å²) in [6, 6.07) is 6.24. The minimum Gasteiger partial charge on any atom is -0.488 e. The van der Waals surface area contributed by atoms with Gasteiger partial charge in [-0.25, -0.2) is 10.2 Å². The Labute approximate surface area is 177 Å². The van der Waals surface area contributed by atoms with Crippen LogP contribution in [0.2, 0.25) is 0 Å². The first kappa shape index (κ1) is 25.0. The second kappa shape index (κ2) is 9.88. The van der Waals surface area contributed by atoms with E-state index in [1.165, 1.54) is 36.4 Å². The molecule has 0 atom stereocenters. The van der Waals surface area contributed by atoms with Crippen LogP contribution in [0.25, 0.3) is 0 Å². The summed E-state index contributed by atoms with van der Waals surface area (Å²) in [5.41, 5.74) is 1.53. The van der Waals surface area contributed by atoms with E-state index in [-0.39, 0.29) is 24.5 Å². The maximum Gasteiger partial charge on any atom is 0.462 e. The molecule has 0 fully saturated rings. The highest BCUT2D eigenvalue weighted by Crippen LogP contribution is 2.45. The molecule has 0 amide bonds. The lowest BCUT2D eigenvalue weighted by Gasteiger charge is -2.27. The van der Waals surface area contributed by atoms with Crippen molar-refractivity contribution in [2.24, 2.45) is 5.10 Å². The van der Waals surface area contributed by atoms with Crippen LogP contribution in [0.1, 0.15) is 28.4 Å². The Kier molecular flexibility index (Phi) is 7.70. The monoisotopic (exact) mass is 466 g/mol. The zero-order chi connectivity index (χ0) is 24.0. The van der Waals surface area contributed by atoms with E-state index in [1.54, 1.807) is 19.1 Å². The van der Waals surface area contributed by atoms with Gasteiger partial charge in [0.25, 0.3) is 0 Å². The maximum absolute atomic E-state index is 13.2. The molecular weight excluding hydrogens is 449 g/mol. The number of ether oxygens (including phenoxy) is 2. The van der Waals surface area contributed by atoms with Gasteiger partial charge in [0.15, 0.2) is 0 Å². The van der Waals surface area contributed by atoms with Crippen molar-refractivity contribution in [3.8, 4) is 5.75 Å². The number of carbonyl (C=O) groups is 1. The number of esters is 1. The molecule has 0 saturated carbocycles. The summed E-state index contributed by atoms with van der Waals surface area (Å²) < 4.78 is 99.1. The summed E-state index contributed by atoms with van der Waals surface area (Å²) in [6.45, 7) is 1.86. The Bertz CT molecular complexity index is 945. The van der Waals surface area contributed by atoms with Gasteiger partial charge < -0.3 is 9.47 Å². The lowest BCUT2D eigenvalue weighted by molar-refractivity contribution is -0.361. The van der Waals surface area contributed by atoms with Gasteiger partial charge in [-0.2, -0.15) is 35.8 Å². The van der Waals surface area contributed by atoms with Crippen LogP contribution in [0.3, 0.4) is 0 Å². The Balaban J connectivity index is 2.06. The van der Waals surface area contributed by atoms with E-state index in [2.05, 4.69) is 5.10 Å². The molecule has 0 aliphatic rings. The highest BCUT2D eigenvalue weighted by molar-refractivity contribution is 5.89. The van der Waals surface area contributed by atoms with Crippen molar-refractivity contribution in [2.75, 3.05) is 6.61 Å². The first-order valence-corrected chi connectivity index (χ1v) is 8.99. The molecule has 32 heavy (non-hydrogen) atoms. The summed E-state index contributed by atoms with van der Waals surface area (Å²) in [5, 5.41) is 2.82. The molecule has 0 saturated heterocycles. The van der Waals surface area contributed by atoms with Crippen LogP contribution in [0.15, 0.2) is 53.6 Å². The Morgan fingerprint density at radius 3 is 2.22 bits per heavy atom. The Morgan fingerprint density at radius 2 is 1.62 bits per heavy atom. The standard InChI is InChI=1S/C20H17F7N2O3/c1-2-31-17(30)14-9-7-13(8-10-14)12-32-16-6-4-3-5-15(16)11-28-29-20(26,27)18(21,22)19(23,24)25/h3-11,29H,2,12H2,1H3/b28-11-. The van der Waals surface area contributed by atoms with Crippen LogP contribution in [-0.4, -0.2) is 36.9 Å². The van der Waals surface area contributed by atoms with E-state index in [0.717, 1.165) is 0 Å². The fraction of sp³-hybridized carbons (Fsp3) is 0.300. The summed E-state index contributed by atoms with van der Waals surface area (Å²) in [4.78, 5) is 11.6. The Morgan fingerprint density at radius 1 is 1.00 bits per heavy atom. The largest absolute Gasteiger partial charge is 0.488 e. The van der Waals surface area contributed by atoms with Gasteiger partial charge in [-0.3, -0.25) is 0 Å². The predicted molar refractivity (Wildman–Crippen MR) is 99.9 cm³/mol. The van der Waals surface area contributed by atoms with Crippen molar-refractivity contribution in [2.45, 2.75) is 31.7 Å². The fourth-order valence-corrected chi connectivity index (χ4v) is 2.26. The molecule has 5 nitrogen and oxygen atoms in total. The normalized spacial score (nSPS) is 12.6. The molecule has 2 aromatic carbocycles. The first-order valence-electron chi connectivity index (χ1n) is 8.99. The number of hydrogen-bond acceptors (Lipinski definition) is 5. The molecule has 0 bridgehead atoms. The smallest absolute Gasteiger partial charge is 0.462 e. The van der Waals surface area contributed by atoms with Crippen molar-refractivity contribution >= 4 is 12.2 Å². The quantitative estimate of drug-likeness (QED) is 0.183. The van der Waals surface area contributed by atoms with E-state index < -0.39 is 24.1 Å². The molecule has 2 aromatic rings. The summed E-state index contributed by atoms with van der Waals surface area (Å²) in [7, 11) is 0. The number of nitrogens with zero attached hydrogens (tertiary/aromatic N) is 1. The molecule has 0 spiro atoms. The third-order valence-corrected chi connectivity index (χ3v) is 3.94. The zero-order valence-electron chi connectivity index (χ0n) is 16.4. The summed E-state index contributed by atoms with van der Waals surface area (Å²) in [6.07, 6.45) is -5.84. The van der Waals surface area contributed by atoms with Crippen LogP contribution in [0, 0.1) is 0 Å². The number of nitrogens with one attached hydrogen (secondary N) is 1. The summed E-state index contributed by atoms with van der Waals surface area (Å²) >= 11 is 0. The molecule has 0 aliphatic heterocycles. The molecular formula is C20H17F7N2O3. The third-order valence-electron chi connectivity index (χ3n) is 3.94. The highest BCUT2D eigenvalue weighted by atomic mass is 19.4. The first-order chi connectivity index (χ1) is 14.9. The van der Waals surface area contributed by atoms with Crippen molar-refractivity contribution in [3.63, 3.8) is 0 Å². The number of carbonyl (C=O) groups excluding carboxylic acids is 1. The van der Waals surface area contributed by atoms with E-state index >= 15 is 0 Å². The van der Waals surface area contributed by atoms with Crippen LogP contribution < -0.4 is 10.2 Å². The van der Waals surface area contributed by atoms with Gasteiger partial charge in [-0.1, -0.05) is 24.3 Å². The molecule has 0 heterocycles. The van der Waals surface area contributed by atoms with Gasteiger partial charge >= 0.3 is 24.1 Å². The van der Waals surface area contributed by atoms with Gasteiger partial charge in [0.05, 0.1) is 18.4 Å². The number of para-hydroxylation sites is 1. The second-order valence-corrected chi connectivity index (χ2v) is 6.26. The van der Waals surface area contributed by atoms with Gasteiger partial charge in [-0.05, 0) is 36.8 Å². The number of hydrazone groups is 1. The van der Waals surface area contributed by atoms with Gasteiger partial charge in [-0.15, -0.1) is 0 Å².